The van der Waals surface area contributed by atoms with Gasteiger partial charge in [-0.25, -0.2) is 0 Å². The van der Waals surface area contributed by atoms with E-state index in [9.17, 15) is 5.11 Å². The topological polar surface area (TPSA) is 41.9 Å². The zero-order valence-electron chi connectivity index (χ0n) is 8.95. The molecule has 0 aromatic carbocycles. The highest BCUT2D eigenvalue weighted by atomic mass is 16.7. The molecule has 1 heterocycles. The number of methoxy groups -OCH3 is 2. The van der Waals surface area contributed by atoms with Crippen LogP contribution in [0.25, 0.3) is 0 Å². The molecule has 2 rings (SSSR count). The first-order valence-corrected chi connectivity index (χ1v) is 5.11. The average molecular weight is 201 g/mol. The van der Waals surface area contributed by atoms with Crippen LogP contribution < -0.4 is 0 Å². The summed E-state index contributed by atoms with van der Waals surface area (Å²) in [4.78, 5) is 2.29. The van der Waals surface area contributed by atoms with Gasteiger partial charge < -0.3 is 14.6 Å². The minimum absolute atomic E-state index is 0.202. The lowest BCUT2D eigenvalue weighted by Gasteiger charge is -2.48. The molecule has 0 radical (unpaired) electrons. The lowest BCUT2D eigenvalue weighted by molar-refractivity contribution is -0.277. The summed E-state index contributed by atoms with van der Waals surface area (Å²) < 4.78 is 10.6. The molecule has 1 saturated carbocycles. The van der Waals surface area contributed by atoms with E-state index in [0.717, 1.165) is 32.5 Å². The Kier molecular flexibility index (Phi) is 2.55. The summed E-state index contributed by atoms with van der Waals surface area (Å²) in [5.74, 6) is -0.383. The molecule has 0 unspecified atom stereocenters. The Hall–Kier alpha value is -0.160. The van der Waals surface area contributed by atoms with Crippen LogP contribution in [-0.2, 0) is 9.47 Å². The molecule has 1 N–H and O–H groups in total. The summed E-state index contributed by atoms with van der Waals surface area (Å²) in [5, 5.41) is 9.18. The largest absolute Gasteiger partial charge is 0.396 e. The summed E-state index contributed by atoms with van der Waals surface area (Å²) in [6.45, 7) is 2.94. The van der Waals surface area contributed by atoms with E-state index in [1.807, 2.05) is 0 Å². The fourth-order valence-electron chi connectivity index (χ4n) is 2.11. The van der Waals surface area contributed by atoms with Crippen molar-refractivity contribution < 1.29 is 14.6 Å². The number of likely N-dealkylation sites (tertiary alicyclic amines) is 1. The van der Waals surface area contributed by atoms with Crippen LogP contribution in [0.1, 0.15) is 12.8 Å². The van der Waals surface area contributed by atoms with Crippen molar-refractivity contribution in [1.82, 2.24) is 4.90 Å². The molecule has 0 spiro atoms. The maximum atomic E-state index is 9.18. The van der Waals surface area contributed by atoms with Crippen LogP contribution in [0.2, 0.25) is 0 Å². The third kappa shape index (κ3) is 1.67. The van der Waals surface area contributed by atoms with Gasteiger partial charge in [-0.2, -0.15) is 0 Å². The van der Waals surface area contributed by atoms with E-state index < -0.39 is 0 Å². The van der Waals surface area contributed by atoms with Gasteiger partial charge in [-0.3, -0.25) is 4.90 Å². The molecule has 0 atom stereocenters. The summed E-state index contributed by atoms with van der Waals surface area (Å²) in [7, 11) is 3.36. The van der Waals surface area contributed by atoms with Gasteiger partial charge in [0.1, 0.15) is 0 Å². The maximum absolute atomic E-state index is 9.18. The Bertz CT molecular complexity index is 203. The van der Waals surface area contributed by atoms with Gasteiger partial charge in [0.15, 0.2) is 5.79 Å². The van der Waals surface area contributed by atoms with Crippen LogP contribution in [0.3, 0.4) is 0 Å². The minimum atomic E-state index is -0.383. The molecule has 4 heteroatoms. The maximum Gasteiger partial charge on any atom is 0.193 e. The van der Waals surface area contributed by atoms with E-state index in [-0.39, 0.29) is 11.2 Å². The third-order valence-electron chi connectivity index (χ3n) is 3.52. The third-order valence-corrected chi connectivity index (χ3v) is 3.52. The summed E-state index contributed by atoms with van der Waals surface area (Å²) >= 11 is 0. The van der Waals surface area contributed by atoms with Crippen molar-refractivity contribution in [3.8, 4) is 0 Å². The van der Waals surface area contributed by atoms with Crippen molar-refractivity contribution in [1.29, 1.82) is 0 Å². The van der Waals surface area contributed by atoms with Crippen molar-refractivity contribution in [3.63, 3.8) is 0 Å². The molecule has 2 aliphatic rings. The highest BCUT2D eigenvalue weighted by molar-refractivity contribution is 4.99. The molecule has 4 nitrogen and oxygen atoms in total. The molecule has 0 aromatic heterocycles. The molecule has 14 heavy (non-hydrogen) atoms. The molecule has 2 fully saturated rings. The van der Waals surface area contributed by atoms with Gasteiger partial charge in [0.25, 0.3) is 0 Å². The molecule has 1 aliphatic carbocycles. The molecule has 1 saturated heterocycles. The zero-order valence-corrected chi connectivity index (χ0v) is 8.95. The molecular formula is C10H19NO3. The smallest absolute Gasteiger partial charge is 0.193 e. The normalized spacial score (nSPS) is 28.5. The predicted octanol–water partition coefficient (Wildman–Crippen LogP) is 0.0636. The van der Waals surface area contributed by atoms with E-state index >= 15 is 0 Å². The number of aliphatic hydroxyl groups excluding tert-OH is 1. The first-order chi connectivity index (χ1) is 6.67. The van der Waals surface area contributed by atoms with Crippen molar-refractivity contribution in [2.75, 3.05) is 40.5 Å². The van der Waals surface area contributed by atoms with Crippen LogP contribution in [0.4, 0.5) is 0 Å². The van der Waals surface area contributed by atoms with Gasteiger partial charge in [0.2, 0.25) is 0 Å². The number of aliphatic hydroxyl groups is 1. The van der Waals surface area contributed by atoms with Gasteiger partial charge in [-0.1, -0.05) is 0 Å². The molecular weight excluding hydrogens is 182 g/mol. The molecule has 0 amide bonds. The van der Waals surface area contributed by atoms with E-state index in [1.54, 1.807) is 14.2 Å². The van der Waals surface area contributed by atoms with Crippen molar-refractivity contribution in [3.05, 3.63) is 0 Å². The summed E-state index contributed by atoms with van der Waals surface area (Å²) in [5.41, 5.74) is 0.202. The van der Waals surface area contributed by atoms with Gasteiger partial charge in [-0.15, -0.1) is 0 Å². The fraction of sp³-hybridized carbons (Fsp3) is 1.00. The van der Waals surface area contributed by atoms with Gasteiger partial charge >= 0.3 is 0 Å². The second-order valence-corrected chi connectivity index (χ2v) is 4.62. The van der Waals surface area contributed by atoms with E-state index in [0.29, 0.717) is 6.61 Å². The quantitative estimate of drug-likeness (QED) is 0.639. The number of rotatable bonds is 5. The van der Waals surface area contributed by atoms with Crippen LogP contribution in [0.15, 0.2) is 0 Å². The molecule has 0 aromatic rings. The summed E-state index contributed by atoms with van der Waals surface area (Å²) in [6.07, 6.45) is 2.32. The Morgan fingerprint density at radius 3 is 2.14 bits per heavy atom. The Morgan fingerprint density at radius 2 is 1.79 bits per heavy atom. The fourth-order valence-corrected chi connectivity index (χ4v) is 2.11. The lowest BCUT2D eigenvalue weighted by atomic mass is 10.0. The second kappa shape index (κ2) is 3.45. The lowest BCUT2D eigenvalue weighted by Crippen LogP contribution is -2.64. The first kappa shape index (κ1) is 10.4. The average Bonchev–Trinajstić information content (AvgIpc) is 2.92. The highest BCUT2D eigenvalue weighted by Gasteiger charge is 2.50. The van der Waals surface area contributed by atoms with Crippen LogP contribution >= 0.6 is 0 Å². The Balaban J connectivity index is 1.77. The van der Waals surface area contributed by atoms with E-state index in [1.165, 1.54) is 0 Å². The van der Waals surface area contributed by atoms with Gasteiger partial charge in [0.05, 0.1) is 13.1 Å². The number of ether oxygens (including phenoxy) is 2. The van der Waals surface area contributed by atoms with E-state index in [2.05, 4.69) is 4.90 Å². The van der Waals surface area contributed by atoms with Crippen molar-refractivity contribution >= 4 is 0 Å². The molecule has 0 bridgehead atoms. The minimum Gasteiger partial charge on any atom is -0.396 e. The monoisotopic (exact) mass is 201 g/mol. The van der Waals surface area contributed by atoms with E-state index in [4.69, 9.17) is 9.47 Å². The number of hydrogen-bond acceptors (Lipinski definition) is 4. The predicted molar refractivity (Wildman–Crippen MR) is 51.9 cm³/mol. The summed E-state index contributed by atoms with van der Waals surface area (Å²) in [6, 6.07) is 0. The van der Waals surface area contributed by atoms with Crippen LogP contribution in [0, 0.1) is 5.41 Å². The van der Waals surface area contributed by atoms with Crippen LogP contribution in [0.5, 0.6) is 0 Å². The second-order valence-electron chi connectivity index (χ2n) is 4.62. The van der Waals surface area contributed by atoms with Crippen molar-refractivity contribution in [2.45, 2.75) is 18.6 Å². The first-order valence-electron chi connectivity index (χ1n) is 5.11. The molecule has 1 aliphatic heterocycles. The van der Waals surface area contributed by atoms with Crippen molar-refractivity contribution in [2.24, 2.45) is 5.41 Å². The zero-order chi connectivity index (χ0) is 10.2. The van der Waals surface area contributed by atoms with Gasteiger partial charge in [-0.05, 0) is 12.8 Å². The molecule has 82 valence electrons. The Labute approximate surface area is 84.8 Å². The Morgan fingerprint density at radius 1 is 1.21 bits per heavy atom. The standard InChI is InChI=1S/C10H19NO3/c1-13-10(14-2)6-11(7-10)5-9(8-12)3-4-9/h12H,3-8H2,1-2H3. The number of hydrogen-bond donors (Lipinski definition) is 1. The van der Waals surface area contributed by atoms with Crippen LogP contribution in [-0.4, -0.2) is 56.3 Å². The highest BCUT2D eigenvalue weighted by Crippen LogP contribution is 2.47. The SMILES string of the molecule is COC1(OC)CN(CC2(CO)CC2)C1. The van der Waals surface area contributed by atoms with Gasteiger partial charge in [0, 0.05) is 32.8 Å². The number of nitrogens with zero attached hydrogens (tertiary/aromatic N) is 1.